The fraction of sp³-hybridized carbons (Fsp3) is 0.357. The quantitative estimate of drug-likeness (QED) is 0.877. The molecular weight excluding hydrogens is 308 g/mol. The lowest BCUT2D eigenvalue weighted by Crippen LogP contribution is -2.44. The van der Waals surface area contributed by atoms with E-state index in [0.29, 0.717) is 19.7 Å². The molecule has 1 fully saturated rings. The Hall–Kier alpha value is -1.33. The van der Waals surface area contributed by atoms with Crippen molar-refractivity contribution >= 4 is 32.7 Å². The van der Waals surface area contributed by atoms with E-state index in [1.165, 1.54) is 0 Å². The smallest absolute Gasteiger partial charge is 0.256 e. The third kappa shape index (κ3) is 2.40. The van der Waals surface area contributed by atoms with Crippen molar-refractivity contribution in [2.75, 3.05) is 19.7 Å². The Balaban J connectivity index is 1.95. The molecule has 0 saturated carbocycles. The second-order valence-corrected chi connectivity index (χ2v) is 5.74. The summed E-state index contributed by atoms with van der Waals surface area (Å²) in [6.07, 6.45) is 1.90. The van der Waals surface area contributed by atoms with Crippen molar-refractivity contribution in [1.82, 2.24) is 9.88 Å². The highest BCUT2D eigenvalue weighted by Crippen LogP contribution is 2.24. The number of hydrogen-bond donors (Lipinski definition) is 1. The molecule has 3 rings (SSSR count). The maximum Gasteiger partial charge on any atom is 0.256 e. The minimum absolute atomic E-state index is 0.0690. The summed E-state index contributed by atoms with van der Waals surface area (Å²) >= 11 is 3.45. The number of amides is 1. The van der Waals surface area contributed by atoms with Crippen LogP contribution in [0.15, 0.2) is 28.9 Å². The largest absolute Gasteiger partial charge is 0.375 e. The van der Waals surface area contributed by atoms with Crippen molar-refractivity contribution in [3.05, 3.63) is 34.4 Å². The summed E-state index contributed by atoms with van der Waals surface area (Å²) in [4.78, 5) is 17.6. The lowest BCUT2D eigenvalue weighted by Gasteiger charge is -2.31. The predicted molar refractivity (Wildman–Crippen MR) is 77.3 cm³/mol. The number of ether oxygens (including phenoxy) is 1. The first kappa shape index (κ1) is 12.7. The molecule has 0 spiro atoms. The molecule has 1 N–H and O–H groups in total. The average Bonchev–Trinajstić information content (AvgIpc) is 2.80. The zero-order chi connectivity index (χ0) is 13.4. The average molecular weight is 323 g/mol. The SMILES string of the molecule is C[C@H]1CN(C(=O)c2c[nH]c3ccc(Br)cc23)CCO1. The van der Waals surface area contributed by atoms with Gasteiger partial charge in [-0.3, -0.25) is 4.79 Å². The first-order valence-electron chi connectivity index (χ1n) is 6.32. The van der Waals surface area contributed by atoms with Gasteiger partial charge in [-0.15, -0.1) is 0 Å². The van der Waals surface area contributed by atoms with Crippen LogP contribution in [0.2, 0.25) is 0 Å². The normalized spacial score (nSPS) is 19.9. The number of aromatic amines is 1. The number of morpholine rings is 1. The molecular formula is C14H15BrN2O2. The van der Waals surface area contributed by atoms with Gasteiger partial charge in [0.05, 0.1) is 18.3 Å². The molecule has 0 aliphatic carbocycles. The number of H-pyrrole nitrogens is 1. The summed E-state index contributed by atoms with van der Waals surface area (Å²) in [5, 5.41) is 0.957. The second kappa shape index (κ2) is 4.98. The van der Waals surface area contributed by atoms with Gasteiger partial charge in [0.25, 0.3) is 5.91 Å². The van der Waals surface area contributed by atoms with Crippen LogP contribution in [0, 0.1) is 0 Å². The Morgan fingerprint density at radius 1 is 1.53 bits per heavy atom. The number of fused-ring (bicyclic) bond motifs is 1. The van der Waals surface area contributed by atoms with Crippen molar-refractivity contribution in [1.29, 1.82) is 0 Å². The number of halogens is 1. The lowest BCUT2D eigenvalue weighted by molar-refractivity contribution is -0.0123. The minimum atomic E-state index is 0.0690. The van der Waals surface area contributed by atoms with Gasteiger partial charge in [-0.1, -0.05) is 15.9 Å². The lowest BCUT2D eigenvalue weighted by atomic mass is 10.1. The molecule has 1 amide bonds. The molecule has 5 heteroatoms. The molecule has 2 aromatic rings. The van der Waals surface area contributed by atoms with Crippen LogP contribution in [0.3, 0.4) is 0 Å². The molecule has 0 bridgehead atoms. The molecule has 0 radical (unpaired) electrons. The Morgan fingerprint density at radius 3 is 3.16 bits per heavy atom. The van der Waals surface area contributed by atoms with Crippen molar-refractivity contribution in [2.24, 2.45) is 0 Å². The molecule has 2 heterocycles. The molecule has 1 aliphatic heterocycles. The summed E-state index contributed by atoms with van der Waals surface area (Å²) < 4.78 is 6.45. The van der Waals surface area contributed by atoms with Crippen molar-refractivity contribution in [3.63, 3.8) is 0 Å². The van der Waals surface area contributed by atoms with Gasteiger partial charge in [-0.05, 0) is 25.1 Å². The number of nitrogens with zero attached hydrogens (tertiary/aromatic N) is 1. The van der Waals surface area contributed by atoms with Gasteiger partial charge in [-0.25, -0.2) is 0 Å². The third-order valence-corrected chi connectivity index (χ3v) is 3.90. The van der Waals surface area contributed by atoms with Gasteiger partial charge in [-0.2, -0.15) is 0 Å². The van der Waals surface area contributed by atoms with Crippen molar-refractivity contribution < 1.29 is 9.53 Å². The first-order valence-corrected chi connectivity index (χ1v) is 7.12. The molecule has 1 aromatic heterocycles. The Bertz CT molecular complexity index is 623. The zero-order valence-corrected chi connectivity index (χ0v) is 12.2. The molecule has 1 aromatic carbocycles. The van der Waals surface area contributed by atoms with Gasteiger partial charge in [0.15, 0.2) is 0 Å². The van der Waals surface area contributed by atoms with Gasteiger partial charge in [0, 0.05) is 34.7 Å². The van der Waals surface area contributed by atoms with Crippen LogP contribution < -0.4 is 0 Å². The zero-order valence-electron chi connectivity index (χ0n) is 10.6. The van der Waals surface area contributed by atoms with Gasteiger partial charge >= 0.3 is 0 Å². The summed E-state index contributed by atoms with van der Waals surface area (Å²) in [6.45, 7) is 3.91. The summed E-state index contributed by atoms with van der Waals surface area (Å²) in [7, 11) is 0. The second-order valence-electron chi connectivity index (χ2n) is 4.82. The highest BCUT2D eigenvalue weighted by molar-refractivity contribution is 9.10. The minimum Gasteiger partial charge on any atom is -0.375 e. The maximum atomic E-state index is 12.6. The van der Waals surface area contributed by atoms with Crippen molar-refractivity contribution in [3.8, 4) is 0 Å². The van der Waals surface area contributed by atoms with E-state index < -0.39 is 0 Å². The van der Waals surface area contributed by atoms with Crippen LogP contribution in [0.4, 0.5) is 0 Å². The van der Waals surface area contributed by atoms with E-state index in [1.54, 1.807) is 6.20 Å². The van der Waals surface area contributed by atoms with E-state index in [2.05, 4.69) is 20.9 Å². The number of hydrogen-bond acceptors (Lipinski definition) is 2. The monoisotopic (exact) mass is 322 g/mol. The topological polar surface area (TPSA) is 45.3 Å². The highest BCUT2D eigenvalue weighted by Gasteiger charge is 2.24. The standard InChI is InChI=1S/C14H15BrN2O2/c1-9-8-17(4-5-19-9)14(18)12-7-16-13-3-2-10(15)6-11(12)13/h2-3,6-7,9,16H,4-5,8H2,1H3/t9-/m0/s1. The third-order valence-electron chi connectivity index (χ3n) is 3.40. The number of carbonyl (C=O) groups is 1. The number of nitrogens with one attached hydrogen (secondary N) is 1. The molecule has 100 valence electrons. The van der Waals surface area contributed by atoms with Gasteiger partial charge in [0.2, 0.25) is 0 Å². The van der Waals surface area contributed by atoms with Crippen LogP contribution >= 0.6 is 15.9 Å². The van der Waals surface area contributed by atoms with E-state index in [0.717, 1.165) is 20.9 Å². The van der Waals surface area contributed by atoms with Crippen LogP contribution in [0.5, 0.6) is 0 Å². The predicted octanol–water partition coefficient (Wildman–Crippen LogP) is 2.79. The first-order chi connectivity index (χ1) is 9.15. The van der Waals surface area contributed by atoms with E-state index in [9.17, 15) is 4.79 Å². The Morgan fingerprint density at radius 2 is 2.37 bits per heavy atom. The van der Waals surface area contributed by atoms with Gasteiger partial charge < -0.3 is 14.6 Å². The van der Waals surface area contributed by atoms with E-state index in [1.807, 2.05) is 30.0 Å². The summed E-state index contributed by atoms with van der Waals surface area (Å²) in [5.41, 5.74) is 1.71. The number of aromatic nitrogens is 1. The van der Waals surface area contributed by atoms with E-state index >= 15 is 0 Å². The number of benzene rings is 1. The highest BCUT2D eigenvalue weighted by atomic mass is 79.9. The number of rotatable bonds is 1. The maximum absolute atomic E-state index is 12.6. The number of carbonyl (C=O) groups excluding carboxylic acids is 1. The summed E-state index contributed by atoms with van der Waals surface area (Å²) in [5.74, 6) is 0.0690. The van der Waals surface area contributed by atoms with Crippen LogP contribution in [0.25, 0.3) is 10.9 Å². The van der Waals surface area contributed by atoms with Crippen LogP contribution in [-0.4, -0.2) is 41.6 Å². The summed E-state index contributed by atoms with van der Waals surface area (Å²) in [6, 6.07) is 5.91. The van der Waals surface area contributed by atoms with Crippen molar-refractivity contribution in [2.45, 2.75) is 13.0 Å². The molecule has 1 saturated heterocycles. The Labute approximate surface area is 119 Å². The molecule has 1 aliphatic rings. The van der Waals surface area contributed by atoms with Crippen LogP contribution in [-0.2, 0) is 4.74 Å². The van der Waals surface area contributed by atoms with E-state index in [4.69, 9.17) is 4.74 Å². The van der Waals surface area contributed by atoms with Gasteiger partial charge in [0.1, 0.15) is 0 Å². The molecule has 19 heavy (non-hydrogen) atoms. The fourth-order valence-electron chi connectivity index (χ4n) is 2.44. The fourth-order valence-corrected chi connectivity index (χ4v) is 2.80. The molecule has 4 nitrogen and oxygen atoms in total. The van der Waals surface area contributed by atoms with E-state index in [-0.39, 0.29) is 12.0 Å². The molecule has 1 atom stereocenters. The Kier molecular flexibility index (Phi) is 3.33. The van der Waals surface area contributed by atoms with Crippen LogP contribution in [0.1, 0.15) is 17.3 Å². The molecule has 0 unspecified atom stereocenters.